The number of esters is 1. The van der Waals surface area contributed by atoms with Crippen LogP contribution in [0.25, 0.3) is 0 Å². The van der Waals surface area contributed by atoms with Gasteiger partial charge < -0.3 is 31.5 Å². The molecule has 4 atom stereocenters. The summed E-state index contributed by atoms with van der Waals surface area (Å²) in [4.78, 5) is 53.7. The minimum Gasteiger partial charge on any atom is -0.508 e. The van der Waals surface area contributed by atoms with Crippen LogP contribution in [-0.4, -0.2) is 53.0 Å². The van der Waals surface area contributed by atoms with Crippen LogP contribution in [0.4, 0.5) is 0 Å². The van der Waals surface area contributed by atoms with Crippen LogP contribution < -0.4 is 21.7 Å². The van der Waals surface area contributed by atoms with E-state index in [1.54, 1.807) is 26.0 Å². The molecule has 0 saturated heterocycles. The molecule has 0 aliphatic rings. The molecule has 3 amide bonds. The molecule has 10 nitrogen and oxygen atoms in total. The van der Waals surface area contributed by atoms with E-state index in [1.807, 2.05) is 74.5 Å². The zero-order chi connectivity index (χ0) is 33.6. The van der Waals surface area contributed by atoms with Crippen molar-refractivity contribution >= 4 is 23.7 Å². The Morgan fingerprint density at radius 2 is 1.15 bits per heavy atom. The fraction of sp³-hybridized carbons (Fsp3) is 0.389. The second-order valence-electron chi connectivity index (χ2n) is 12.2. The molecule has 0 aromatic heterocycles. The van der Waals surface area contributed by atoms with Gasteiger partial charge >= 0.3 is 5.97 Å². The summed E-state index contributed by atoms with van der Waals surface area (Å²) < 4.78 is 5.51. The molecule has 0 saturated carbocycles. The van der Waals surface area contributed by atoms with Crippen molar-refractivity contribution < 1.29 is 29.0 Å². The van der Waals surface area contributed by atoms with Crippen LogP contribution in [0, 0.1) is 11.8 Å². The number of carbonyl (C=O) groups excluding carboxylic acids is 4. The highest BCUT2D eigenvalue weighted by Gasteiger charge is 2.32. The summed E-state index contributed by atoms with van der Waals surface area (Å²) in [6, 6.07) is 20.7. The third-order valence-electron chi connectivity index (χ3n) is 7.43. The number of rotatable bonds is 16. The number of phenols is 1. The minimum atomic E-state index is -1.13. The molecular formula is C36H46N4O6. The lowest BCUT2D eigenvalue weighted by Gasteiger charge is -2.27. The van der Waals surface area contributed by atoms with Gasteiger partial charge in [0.1, 0.15) is 30.5 Å². The molecule has 3 rings (SSSR count). The Balaban J connectivity index is 1.83. The molecule has 10 heteroatoms. The summed E-state index contributed by atoms with van der Waals surface area (Å²) in [7, 11) is 0. The van der Waals surface area contributed by atoms with Gasteiger partial charge in [-0.25, -0.2) is 4.79 Å². The van der Waals surface area contributed by atoms with Gasteiger partial charge in [-0.15, -0.1) is 0 Å². The van der Waals surface area contributed by atoms with Crippen LogP contribution in [0.3, 0.4) is 0 Å². The standard InChI is InChI=1S/C36H46N4O6/c1-23(2)19-29(37)33(42)38-30(20-25-11-7-5-8-12-25)34(43)39-31(21-26-15-17-28(41)18-16-26)35(44)40-32(24(3)4)36(45)46-22-27-13-9-6-10-14-27/h5-18,23-24,29-32,41H,19-22,37H2,1-4H3,(H,38,42)(H,39,43)(H,40,44)/t29-,30-,31-,32-/m0/s1. The number of nitrogens with two attached hydrogens (primary N) is 1. The van der Waals surface area contributed by atoms with Gasteiger partial charge in [0, 0.05) is 12.8 Å². The summed E-state index contributed by atoms with van der Waals surface area (Å²) in [6.07, 6.45) is 0.662. The maximum absolute atomic E-state index is 13.8. The lowest BCUT2D eigenvalue weighted by atomic mass is 9.99. The Morgan fingerprint density at radius 3 is 1.67 bits per heavy atom. The van der Waals surface area contributed by atoms with Crippen molar-refractivity contribution in [3.63, 3.8) is 0 Å². The minimum absolute atomic E-state index is 0.0479. The molecule has 0 fully saturated rings. The predicted molar refractivity (Wildman–Crippen MR) is 176 cm³/mol. The molecule has 3 aromatic rings. The quantitative estimate of drug-likeness (QED) is 0.152. The van der Waals surface area contributed by atoms with E-state index in [0.29, 0.717) is 12.0 Å². The molecule has 3 aromatic carbocycles. The normalized spacial score (nSPS) is 13.7. The van der Waals surface area contributed by atoms with Crippen molar-refractivity contribution in [1.82, 2.24) is 16.0 Å². The van der Waals surface area contributed by atoms with Crippen LogP contribution in [0.5, 0.6) is 5.75 Å². The number of amides is 3. The predicted octanol–water partition coefficient (Wildman–Crippen LogP) is 3.40. The highest BCUT2D eigenvalue weighted by Crippen LogP contribution is 2.14. The van der Waals surface area contributed by atoms with Crippen LogP contribution in [0.1, 0.15) is 50.8 Å². The van der Waals surface area contributed by atoms with Crippen molar-refractivity contribution in [3.05, 3.63) is 102 Å². The molecule has 0 radical (unpaired) electrons. The monoisotopic (exact) mass is 630 g/mol. The van der Waals surface area contributed by atoms with E-state index < -0.39 is 47.9 Å². The van der Waals surface area contributed by atoms with Crippen molar-refractivity contribution in [2.45, 2.75) is 77.7 Å². The van der Waals surface area contributed by atoms with Gasteiger partial charge in [0.15, 0.2) is 0 Å². The zero-order valence-corrected chi connectivity index (χ0v) is 26.9. The lowest BCUT2D eigenvalue weighted by Crippen LogP contribution is -2.58. The molecule has 46 heavy (non-hydrogen) atoms. The maximum atomic E-state index is 13.8. The lowest BCUT2D eigenvalue weighted by molar-refractivity contribution is -0.150. The van der Waals surface area contributed by atoms with Gasteiger partial charge in [-0.2, -0.15) is 0 Å². The van der Waals surface area contributed by atoms with E-state index in [0.717, 1.165) is 11.1 Å². The van der Waals surface area contributed by atoms with E-state index in [-0.39, 0.29) is 37.0 Å². The molecule has 0 aliphatic heterocycles. The largest absolute Gasteiger partial charge is 0.508 e. The first kappa shape index (κ1) is 35.8. The number of nitrogens with one attached hydrogen (secondary N) is 3. The Bertz CT molecular complexity index is 1410. The molecule has 0 spiro atoms. The smallest absolute Gasteiger partial charge is 0.329 e. The summed E-state index contributed by atoms with van der Waals surface area (Å²) in [6.45, 7) is 7.53. The summed E-state index contributed by atoms with van der Waals surface area (Å²) in [5.74, 6) is -2.34. The van der Waals surface area contributed by atoms with E-state index in [1.165, 1.54) is 12.1 Å². The number of hydrogen-bond donors (Lipinski definition) is 5. The van der Waals surface area contributed by atoms with Crippen molar-refractivity contribution in [1.29, 1.82) is 0 Å². The van der Waals surface area contributed by atoms with Crippen molar-refractivity contribution in [3.8, 4) is 5.75 Å². The number of ether oxygens (including phenoxy) is 1. The molecule has 6 N–H and O–H groups in total. The van der Waals surface area contributed by atoms with Crippen LogP contribution in [0.2, 0.25) is 0 Å². The van der Waals surface area contributed by atoms with Gasteiger partial charge in [-0.1, -0.05) is 100 Å². The number of aromatic hydroxyl groups is 1. The van der Waals surface area contributed by atoms with E-state index in [4.69, 9.17) is 10.5 Å². The Hall–Kier alpha value is -4.70. The second-order valence-corrected chi connectivity index (χ2v) is 12.2. The van der Waals surface area contributed by atoms with Gasteiger partial charge in [-0.3, -0.25) is 14.4 Å². The fourth-order valence-electron chi connectivity index (χ4n) is 4.87. The molecule has 0 bridgehead atoms. The van der Waals surface area contributed by atoms with Gasteiger partial charge in [-0.05, 0) is 47.1 Å². The van der Waals surface area contributed by atoms with E-state index in [9.17, 15) is 24.3 Å². The molecule has 0 heterocycles. The number of benzene rings is 3. The molecule has 0 unspecified atom stereocenters. The zero-order valence-electron chi connectivity index (χ0n) is 26.9. The highest BCUT2D eigenvalue weighted by atomic mass is 16.5. The molecular weight excluding hydrogens is 584 g/mol. The number of phenolic OH excluding ortho intramolecular Hbond substituents is 1. The number of hydrogen-bond acceptors (Lipinski definition) is 7. The highest BCUT2D eigenvalue weighted by molar-refractivity contribution is 5.94. The average molecular weight is 631 g/mol. The van der Waals surface area contributed by atoms with Crippen LogP contribution >= 0.6 is 0 Å². The Morgan fingerprint density at radius 1 is 0.674 bits per heavy atom. The first-order valence-electron chi connectivity index (χ1n) is 15.6. The Kier molecular flexibility index (Phi) is 13.8. The SMILES string of the molecule is CC(C)C[C@H](N)C(=O)N[C@@H](Cc1ccccc1)C(=O)N[C@@H](Cc1ccc(O)cc1)C(=O)N[C@H](C(=O)OCc1ccccc1)C(C)C. The first-order chi connectivity index (χ1) is 21.9. The summed E-state index contributed by atoms with van der Waals surface area (Å²) >= 11 is 0. The van der Waals surface area contributed by atoms with Gasteiger partial charge in [0.05, 0.1) is 6.04 Å². The molecule has 246 valence electrons. The average Bonchev–Trinajstić information content (AvgIpc) is 3.03. The van der Waals surface area contributed by atoms with E-state index >= 15 is 0 Å². The topological polar surface area (TPSA) is 160 Å². The van der Waals surface area contributed by atoms with Gasteiger partial charge in [0.2, 0.25) is 17.7 Å². The fourth-order valence-corrected chi connectivity index (χ4v) is 4.87. The summed E-state index contributed by atoms with van der Waals surface area (Å²) in [5.41, 5.74) is 8.40. The Labute approximate surface area is 271 Å². The third kappa shape index (κ3) is 11.7. The van der Waals surface area contributed by atoms with Crippen molar-refractivity contribution in [2.75, 3.05) is 0 Å². The van der Waals surface area contributed by atoms with Crippen LogP contribution in [-0.2, 0) is 43.4 Å². The first-order valence-corrected chi connectivity index (χ1v) is 15.6. The maximum Gasteiger partial charge on any atom is 0.329 e. The second kappa shape index (κ2) is 17.7. The van der Waals surface area contributed by atoms with Crippen molar-refractivity contribution in [2.24, 2.45) is 17.6 Å². The molecule has 0 aliphatic carbocycles. The third-order valence-corrected chi connectivity index (χ3v) is 7.43. The van der Waals surface area contributed by atoms with Crippen LogP contribution in [0.15, 0.2) is 84.9 Å². The van der Waals surface area contributed by atoms with Gasteiger partial charge in [0.25, 0.3) is 0 Å². The van der Waals surface area contributed by atoms with E-state index in [2.05, 4.69) is 16.0 Å². The number of carbonyl (C=O) groups is 4. The summed E-state index contributed by atoms with van der Waals surface area (Å²) in [5, 5.41) is 18.1.